The molecule has 0 atom stereocenters. The second kappa shape index (κ2) is 9.04. The molecule has 10 heteroatoms. The SMILES string of the molecule is CC(C)C(=O)Nc1nnc([C@H]2CC[C@@H](c3nnc(NC(=O)C(C)C)s3)CC2)s1. The van der Waals surface area contributed by atoms with Crippen LogP contribution in [-0.4, -0.2) is 32.2 Å². The van der Waals surface area contributed by atoms with Gasteiger partial charge in [-0.15, -0.1) is 20.4 Å². The summed E-state index contributed by atoms with van der Waals surface area (Å²) in [7, 11) is 0. The smallest absolute Gasteiger partial charge is 0.228 e. The van der Waals surface area contributed by atoms with E-state index < -0.39 is 0 Å². The Balaban J connectivity index is 1.54. The number of rotatable bonds is 6. The van der Waals surface area contributed by atoms with Crippen LogP contribution in [0, 0.1) is 11.8 Å². The van der Waals surface area contributed by atoms with Crippen molar-refractivity contribution in [3.05, 3.63) is 10.0 Å². The minimum atomic E-state index is -0.0788. The average Bonchev–Trinajstić information content (AvgIpc) is 3.31. The molecule has 1 aliphatic rings. The van der Waals surface area contributed by atoms with E-state index in [-0.39, 0.29) is 23.7 Å². The van der Waals surface area contributed by atoms with Crippen molar-refractivity contribution in [3.63, 3.8) is 0 Å². The summed E-state index contributed by atoms with van der Waals surface area (Å²) >= 11 is 2.94. The van der Waals surface area contributed by atoms with Crippen molar-refractivity contribution in [1.29, 1.82) is 0 Å². The molecule has 8 nitrogen and oxygen atoms in total. The maximum atomic E-state index is 11.8. The highest BCUT2D eigenvalue weighted by Gasteiger charge is 2.28. The lowest BCUT2D eigenvalue weighted by Gasteiger charge is -2.25. The molecule has 1 aliphatic carbocycles. The molecule has 1 saturated carbocycles. The lowest BCUT2D eigenvalue weighted by Crippen LogP contribution is -2.17. The van der Waals surface area contributed by atoms with Crippen LogP contribution in [0.15, 0.2) is 0 Å². The Morgan fingerprint density at radius 1 is 0.750 bits per heavy atom. The molecule has 2 heterocycles. The van der Waals surface area contributed by atoms with E-state index in [1.54, 1.807) is 0 Å². The first-order chi connectivity index (χ1) is 13.3. The van der Waals surface area contributed by atoms with E-state index in [2.05, 4.69) is 31.0 Å². The van der Waals surface area contributed by atoms with Crippen LogP contribution in [0.2, 0.25) is 0 Å². The van der Waals surface area contributed by atoms with Gasteiger partial charge in [0, 0.05) is 23.7 Å². The van der Waals surface area contributed by atoms with Gasteiger partial charge in [0.1, 0.15) is 10.0 Å². The minimum Gasteiger partial charge on any atom is -0.300 e. The second-order valence-corrected chi connectivity index (χ2v) is 9.75. The summed E-state index contributed by atoms with van der Waals surface area (Å²) in [6, 6.07) is 0. The largest absolute Gasteiger partial charge is 0.300 e. The number of nitrogens with one attached hydrogen (secondary N) is 2. The number of nitrogens with zero attached hydrogens (tertiary/aromatic N) is 4. The van der Waals surface area contributed by atoms with Crippen LogP contribution in [0.25, 0.3) is 0 Å². The molecule has 3 rings (SSSR count). The molecule has 0 aliphatic heterocycles. The normalized spacial score (nSPS) is 19.8. The fourth-order valence-electron chi connectivity index (χ4n) is 2.99. The van der Waals surface area contributed by atoms with E-state index in [0.717, 1.165) is 35.7 Å². The van der Waals surface area contributed by atoms with Crippen molar-refractivity contribution in [2.75, 3.05) is 10.6 Å². The van der Waals surface area contributed by atoms with Gasteiger partial charge >= 0.3 is 0 Å². The molecule has 2 amide bonds. The molecule has 2 aromatic rings. The van der Waals surface area contributed by atoms with Crippen LogP contribution in [0.3, 0.4) is 0 Å². The molecule has 0 spiro atoms. The summed E-state index contributed by atoms with van der Waals surface area (Å²) in [6.45, 7) is 7.41. The Morgan fingerprint density at radius 3 is 1.43 bits per heavy atom. The lowest BCUT2D eigenvalue weighted by atomic mass is 9.83. The number of carbonyl (C=O) groups excluding carboxylic acids is 2. The first kappa shape index (κ1) is 20.8. The van der Waals surface area contributed by atoms with Gasteiger partial charge in [0.2, 0.25) is 22.1 Å². The quantitative estimate of drug-likeness (QED) is 0.727. The fraction of sp³-hybridized carbons (Fsp3) is 0.667. The van der Waals surface area contributed by atoms with Crippen molar-refractivity contribution in [2.24, 2.45) is 11.8 Å². The zero-order valence-corrected chi connectivity index (χ0v) is 18.2. The van der Waals surface area contributed by atoms with Crippen LogP contribution in [0.1, 0.15) is 75.2 Å². The molecule has 2 aromatic heterocycles. The fourth-order valence-corrected chi connectivity index (χ4v) is 4.82. The molecule has 0 aromatic carbocycles. The first-order valence-corrected chi connectivity index (χ1v) is 11.2. The Hall–Kier alpha value is -1.94. The van der Waals surface area contributed by atoms with E-state index in [1.165, 1.54) is 22.7 Å². The third-order valence-corrected chi connectivity index (χ3v) is 6.82. The molecular weight excluding hydrogens is 396 g/mol. The number of anilines is 2. The summed E-state index contributed by atoms with van der Waals surface area (Å²) in [4.78, 5) is 23.6. The highest BCUT2D eigenvalue weighted by atomic mass is 32.1. The van der Waals surface area contributed by atoms with Crippen molar-refractivity contribution in [1.82, 2.24) is 20.4 Å². The molecule has 2 N–H and O–H groups in total. The van der Waals surface area contributed by atoms with Crippen molar-refractivity contribution >= 4 is 44.8 Å². The highest BCUT2D eigenvalue weighted by molar-refractivity contribution is 7.15. The second-order valence-electron chi connectivity index (χ2n) is 7.73. The molecule has 28 heavy (non-hydrogen) atoms. The molecule has 0 saturated heterocycles. The van der Waals surface area contributed by atoms with E-state index >= 15 is 0 Å². The van der Waals surface area contributed by atoms with Crippen molar-refractivity contribution < 1.29 is 9.59 Å². The number of amides is 2. The molecular formula is C18H26N6O2S2. The van der Waals surface area contributed by atoms with E-state index in [4.69, 9.17) is 0 Å². The van der Waals surface area contributed by atoms with Gasteiger partial charge in [-0.1, -0.05) is 50.4 Å². The zero-order chi connectivity index (χ0) is 20.3. The predicted molar refractivity (Wildman–Crippen MR) is 111 cm³/mol. The highest BCUT2D eigenvalue weighted by Crippen LogP contribution is 2.42. The predicted octanol–water partition coefficient (Wildman–Crippen LogP) is 4.02. The van der Waals surface area contributed by atoms with Gasteiger partial charge < -0.3 is 10.6 Å². The average molecular weight is 423 g/mol. The zero-order valence-electron chi connectivity index (χ0n) is 16.6. The summed E-state index contributed by atoms with van der Waals surface area (Å²) in [5.74, 6) is 0.499. The van der Waals surface area contributed by atoms with Crippen LogP contribution in [0.4, 0.5) is 10.3 Å². The van der Waals surface area contributed by atoms with Crippen LogP contribution >= 0.6 is 22.7 Å². The molecule has 1 fully saturated rings. The van der Waals surface area contributed by atoms with Crippen LogP contribution in [-0.2, 0) is 9.59 Å². The topological polar surface area (TPSA) is 110 Å². The van der Waals surface area contributed by atoms with E-state index in [9.17, 15) is 9.59 Å². The maximum absolute atomic E-state index is 11.8. The summed E-state index contributed by atoms with van der Waals surface area (Å²) in [5.41, 5.74) is 0. The van der Waals surface area contributed by atoms with E-state index in [1.807, 2.05) is 27.7 Å². The van der Waals surface area contributed by atoms with Crippen molar-refractivity contribution in [3.8, 4) is 0 Å². The summed E-state index contributed by atoms with van der Waals surface area (Å²) < 4.78 is 0. The summed E-state index contributed by atoms with van der Waals surface area (Å²) in [6.07, 6.45) is 4.02. The molecule has 0 radical (unpaired) electrons. The van der Waals surface area contributed by atoms with Gasteiger partial charge in [-0.3, -0.25) is 9.59 Å². The van der Waals surface area contributed by atoms with Gasteiger partial charge in [-0.25, -0.2) is 0 Å². The minimum absolute atomic E-state index is 0.0389. The Morgan fingerprint density at radius 2 is 1.11 bits per heavy atom. The molecule has 0 unspecified atom stereocenters. The number of hydrogen-bond acceptors (Lipinski definition) is 8. The van der Waals surface area contributed by atoms with Gasteiger partial charge in [-0.05, 0) is 25.7 Å². The Kier molecular flexibility index (Phi) is 6.71. The van der Waals surface area contributed by atoms with Gasteiger partial charge in [0.25, 0.3) is 0 Å². The summed E-state index contributed by atoms with van der Waals surface area (Å²) in [5, 5.41) is 25.5. The third kappa shape index (κ3) is 5.11. The molecule has 152 valence electrons. The Bertz CT molecular complexity index is 755. The Labute approximate surface area is 172 Å². The molecule has 0 bridgehead atoms. The third-order valence-electron chi connectivity index (χ3n) is 4.82. The van der Waals surface area contributed by atoms with Gasteiger partial charge in [0.15, 0.2) is 0 Å². The van der Waals surface area contributed by atoms with Crippen molar-refractivity contribution in [2.45, 2.75) is 65.2 Å². The first-order valence-electron chi connectivity index (χ1n) is 9.62. The monoisotopic (exact) mass is 422 g/mol. The van der Waals surface area contributed by atoms with Gasteiger partial charge in [-0.2, -0.15) is 0 Å². The van der Waals surface area contributed by atoms with Gasteiger partial charge in [0.05, 0.1) is 0 Å². The van der Waals surface area contributed by atoms with Crippen LogP contribution < -0.4 is 10.6 Å². The van der Waals surface area contributed by atoms with E-state index in [0.29, 0.717) is 22.1 Å². The maximum Gasteiger partial charge on any atom is 0.228 e. The standard InChI is InChI=1S/C18H26N6O2S2/c1-9(2)13(25)19-17-23-21-15(27-17)11-5-7-12(8-6-11)16-22-24-18(28-16)20-14(26)10(3)4/h9-12H,5-8H2,1-4H3,(H,19,23,25)(H,20,24,26)/t11-,12+. The van der Waals surface area contributed by atoms with Crippen LogP contribution in [0.5, 0.6) is 0 Å². The lowest BCUT2D eigenvalue weighted by molar-refractivity contribution is -0.119. The number of carbonyl (C=O) groups is 2. The number of aromatic nitrogens is 4. The number of hydrogen-bond donors (Lipinski definition) is 2.